The van der Waals surface area contributed by atoms with Gasteiger partial charge >= 0.3 is 5.97 Å². The summed E-state index contributed by atoms with van der Waals surface area (Å²) in [7, 11) is 0. The van der Waals surface area contributed by atoms with Crippen LogP contribution in [0.5, 0.6) is 0 Å². The van der Waals surface area contributed by atoms with Gasteiger partial charge in [-0.2, -0.15) is 0 Å². The third-order valence-corrected chi connectivity index (χ3v) is 8.72. The fourth-order valence-electron chi connectivity index (χ4n) is 5.86. The van der Waals surface area contributed by atoms with E-state index in [1.54, 1.807) is 0 Å². The molecule has 0 aliphatic carbocycles. The third kappa shape index (κ3) is 30.2. The van der Waals surface area contributed by atoms with E-state index < -0.39 is 11.9 Å². The molecule has 0 radical (unpaired) electrons. The van der Waals surface area contributed by atoms with Gasteiger partial charge < -0.3 is 5.11 Å². The highest BCUT2D eigenvalue weighted by molar-refractivity contribution is 5.98. The summed E-state index contributed by atoms with van der Waals surface area (Å²) in [6.45, 7) is 4.53. The average Bonchev–Trinajstić information content (AvgIpc) is 2.96. The van der Waals surface area contributed by atoms with Crippen molar-refractivity contribution in [2.75, 3.05) is 0 Å². The molecule has 3 heteroatoms. The number of hydrogen-bond acceptors (Lipinski definition) is 2. The predicted octanol–water partition coefficient (Wildman–Crippen LogP) is 12.9. The Balaban J connectivity index is 3.53. The van der Waals surface area contributed by atoms with Crippen LogP contribution in [0.1, 0.15) is 213 Å². The molecule has 0 heterocycles. The largest absolute Gasteiger partial charge is 0.481 e. The number of carboxylic acid groups (broad SMARTS) is 1. The number of allylic oxidation sites excluding steroid dienone is 2. The number of unbranched alkanes of at least 4 members (excludes halogenated alkanes) is 26. The Morgan fingerprint density at radius 1 is 0.463 bits per heavy atom. The molecule has 0 aromatic heterocycles. The number of aliphatic carboxylic acids is 1. The molecule has 0 aromatic rings. The van der Waals surface area contributed by atoms with E-state index in [9.17, 15) is 14.7 Å². The fourth-order valence-corrected chi connectivity index (χ4v) is 5.86. The van der Waals surface area contributed by atoms with Gasteiger partial charge in [0, 0.05) is 6.42 Å². The van der Waals surface area contributed by atoms with Crippen LogP contribution in [-0.2, 0) is 9.59 Å². The van der Waals surface area contributed by atoms with Crippen molar-refractivity contribution in [1.82, 2.24) is 0 Å². The summed E-state index contributed by atoms with van der Waals surface area (Å²) in [5.41, 5.74) is 0. The number of Topliss-reactive ketones (excluding diaryl/α,β-unsaturated/α-hetero) is 1. The molecule has 0 aromatic carbocycles. The molecule has 0 fully saturated rings. The van der Waals surface area contributed by atoms with Crippen LogP contribution in [0.4, 0.5) is 0 Å². The zero-order valence-corrected chi connectivity index (χ0v) is 27.9. The molecule has 0 spiro atoms. The number of carboxylic acids is 1. The first-order chi connectivity index (χ1) is 20.1. The molecule has 0 bridgehead atoms. The zero-order valence-electron chi connectivity index (χ0n) is 27.9. The predicted molar refractivity (Wildman–Crippen MR) is 180 cm³/mol. The third-order valence-electron chi connectivity index (χ3n) is 8.72. The summed E-state index contributed by atoms with van der Waals surface area (Å²) in [5, 5.41) is 9.55. The lowest BCUT2D eigenvalue weighted by molar-refractivity contribution is -0.146. The van der Waals surface area contributed by atoms with Crippen molar-refractivity contribution in [1.29, 1.82) is 0 Å². The monoisotopic (exact) mass is 577 g/mol. The van der Waals surface area contributed by atoms with Gasteiger partial charge in [-0.3, -0.25) is 9.59 Å². The molecule has 0 rings (SSSR count). The first-order valence-corrected chi connectivity index (χ1v) is 18.5. The van der Waals surface area contributed by atoms with Gasteiger partial charge in [0.1, 0.15) is 11.7 Å². The molecule has 1 N–H and O–H groups in total. The van der Waals surface area contributed by atoms with Crippen LogP contribution in [0.25, 0.3) is 0 Å². The normalized spacial score (nSPS) is 12.3. The topological polar surface area (TPSA) is 54.4 Å². The molecule has 0 aliphatic rings. The van der Waals surface area contributed by atoms with Gasteiger partial charge in [0.15, 0.2) is 0 Å². The molecule has 0 aliphatic heterocycles. The van der Waals surface area contributed by atoms with E-state index in [1.807, 2.05) is 0 Å². The van der Waals surface area contributed by atoms with Gasteiger partial charge in [0.25, 0.3) is 0 Å². The maximum Gasteiger partial charge on any atom is 0.314 e. The molecular formula is C38H72O3. The van der Waals surface area contributed by atoms with Crippen LogP contribution in [-0.4, -0.2) is 16.9 Å². The lowest BCUT2D eigenvalue weighted by atomic mass is 9.93. The molecule has 3 nitrogen and oxygen atoms in total. The van der Waals surface area contributed by atoms with E-state index in [-0.39, 0.29) is 5.78 Å². The van der Waals surface area contributed by atoms with E-state index >= 15 is 0 Å². The lowest BCUT2D eigenvalue weighted by Crippen LogP contribution is -2.23. The highest BCUT2D eigenvalue weighted by atomic mass is 16.4. The molecule has 1 atom stereocenters. The fraction of sp³-hybridized carbons (Fsp3) is 0.895. The molecule has 0 saturated carbocycles. The van der Waals surface area contributed by atoms with Crippen LogP contribution in [0.2, 0.25) is 0 Å². The first kappa shape index (κ1) is 39.9. The second-order valence-electron chi connectivity index (χ2n) is 12.8. The maximum atomic E-state index is 12.5. The van der Waals surface area contributed by atoms with Crippen molar-refractivity contribution in [3.63, 3.8) is 0 Å². The van der Waals surface area contributed by atoms with Crippen molar-refractivity contribution in [2.45, 2.75) is 213 Å². The van der Waals surface area contributed by atoms with Gasteiger partial charge in [-0.15, -0.1) is 0 Å². The van der Waals surface area contributed by atoms with Crippen LogP contribution in [0.3, 0.4) is 0 Å². The number of hydrogen-bond donors (Lipinski definition) is 1. The molecule has 41 heavy (non-hydrogen) atoms. The highest BCUT2D eigenvalue weighted by Gasteiger charge is 2.24. The Hall–Kier alpha value is -1.12. The minimum absolute atomic E-state index is 0.0402. The summed E-state index contributed by atoms with van der Waals surface area (Å²) in [5.74, 6) is -1.73. The van der Waals surface area contributed by atoms with Gasteiger partial charge in [0.2, 0.25) is 0 Å². The Kier molecular flexibility index (Phi) is 32.5. The first-order valence-electron chi connectivity index (χ1n) is 18.5. The molecule has 0 amide bonds. The Bertz CT molecular complexity index is 582. The summed E-state index contributed by atoms with van der Waals surface area (Å²) >= 11 is 0. The van der Waals surface area contributed by atoms with E-state index in [2.05, 4.69) is 26.0 Å². The summed E-state index contributed by atoms with van der Waals surface area (Å²) in [6, 6.07) is 0. The van der Waals surface area contributed by atoms with Crippen molar-refractivity contribution < 1.29 is 14.7 Å². The average molecular weight is 577 g/mol. The van der Waals surface area contributed by atoms with Gasteiger partial charge in [-0.05, 0) is 38.5 Å². The van der Waals surface area contributed by atoms with Crippen molar-refractivity contribution in [3.05, 3.63) is 12.2 Å². The zero-order chi connectivity index (χ0) is 30.1. The minimum atomic E-state index is -0.911. The second kappa shape index (κ2) is 33.4. The summed E-state index contributed by atoms with van der Waals surface area (Å²) < 4.78 is 0. The molecule has 242 valence electrons. The van der Waals surface area contributed by atoms with Crippen molar-refractivity contribution in [2.24, 2.45) is 5.92 Å². The highest BCUT2D eigenvalue weighted by Crippen LogP contribution is 2.18. The van der Waals surface area contributed by atoms with Crippen LogP contribution in [0.15, 0.2) is 12.2 Å². The number of carbonyl (C=O) groups is 2. The number of rotatable bonds is 34. The quantitative estimate of drug-likeness (QED) is 0.0471. The maximum absolute atomic E-state index is 12.5. The standard InChI is InChI=1S/C38H72O3/c1-3-5-7-9-11-13-15-17-18-19-20-21-22-23-25-27-29-31-33-35-37(39)36(38(40)41)34-32-30-28-26-24-16-14-12-10-8-6-4-2/h17-18,36H,3-16,19-35H2,1-2H3,(H,40,41). The van der Waals surface area contributed by atoms with Crippen LogP contribution in [0, 0.1) is 5.92 Å². The van der Waals surface area contributed by atoms with Crippen molar-refractivity contribution in [3.8, 4) is 0 Å². The van der Waals surface area contributed by atoms with Crippen LogP contribution < -0.4 is 0 Å². The van der Waals surface area contributed by atoms with Crippen molar-refractivity contribution >= 4 is 11.8 Å². The Morgan fingerprint density at radius 2 is 0.780 bits per heavy atom. The molecular weight excluding hydrogens is 504 g/mol. The van der Waals surface area contributed by atoms with Gasteiger partial charge in [0.05, 0.1) is 0 Å². The Labute approximate surface area is 257 Å². The smallest absolute Gasteiger partial charge is 0.314 e. The summed E-state index contributed by atoms with van der Waals surface area (Å²) in [4.78, 5) is 24.2. The number of ketones is 1. The van der Waals surface area contributed by atoms with E-state index in [1.165, 1.54) is 161 Å². The van der Waals surface area contributed by atoms with Gasteiger partial charge in [-0.25, -0.2) is 0 Å². The summed E-state index contributed by atoms with van der Waals surface area (Å²) in [6.07, 6.45) is 42.6. The SMILES string of the molecule is CCCCCCCCC=CCCCCCCCCCCCC(=O)C(CCCCCCCCCCCCCC)C(=O)O. The van der Waals surface area contributed by atoms with Gasteiger partial charge in [-0.1, -0.05) is 180 Å². The minimum Gasteiger partial charge on any atom is -0.481 e. The Morgan fingerprint density at radius 3 is 1.15 bits per heavy atom. The molecule has 1 unspecified atom stereocenters. The van der Waals surface area contributed by atoms with E-state index in [0.29, 0.717) is 12.8 Å². The van der Waals surface area contributed by atoms with E-state index in [0.717, 1.165) is 25.7 Å². The number of carbonyl (C=O) groups excluding carboxylic acids is 1. The lowest BCUT2D eigenvalue weighted by Gasteiger charge is -2.11. The molecule has 0 saturated heterocycles. The van der Waals surface area contributed by atoms with E-state index in [4.69, 9.17) is 0 Å². The van der Waals surface area contributed by atoms with Crippen LogP contribution >= 0.6 is 0 Å². The second-order valence-corrected chi connectivity index (χ2v) is 12.8.